The highest BCUT2D eigenvalue weighted by Crippen LogP contribution is 2.49. The highest BCUT2D eigenvalue weighted by molar-refractivity contribution is 7.54. The Morgan fingerprint density at radius 2 is 1.63 bits per heavy atom. The number of carbonyl (C=O) groups is 3. The summed E-state index contributed by atoms with van der Waals surface area (Å²) in [7, 11) is -0.363. The van der Waals surface area contributed by atoms with E-state index in [4.69, 9.17) is 32.9 Å². The molecular weight excluding hydrogens is 627 g/mol. The van der Waals surface area contributed by atoms with Crippen molar-refractivity contribution in [1.29, 1.82) is 0 Å². The molecule has 0 aromatic carbocycles. The van der Waals surface area contributed by atoms with Crippen molar-refractivity contribution < 1.29 is 51.9 Å². The number of ether oxygens (including phenoxy) is 6. The van der Waals surface area contributed by atoms with Gasteiger partial charge in [0.15, 0.2) is 29.1 Å². The van der Waals surface area contributed by atoms with Crippen molar-refractivity contribution in [2.24, 2.45) is 11.8 Å². The smallest absolute Gasteiger partial charge is 0.479 e. The largest absolute Gasteiger partial charge is 0.509 e. The zero-order valence-corrected chi connectivity index (χ0v) is 28.4. The maximum absolute atomic E-state index is 14.5. The number of rotatable bonds is 15. The Kier molecular flexibility index (Phi) is 10.9. The molecule has 0 saturated carbocycles. The van der Waals surface area contributed by atoms with E-state index >= 15 is 0 Å². The van der Waals surface area contributed by atoms with Gasteiger partial charge in [-0.1, -0.05) is 27.7 Å². The first-order valence-corrected chi connectivity index (χ1v) is 16.5. The number of aryl methyl sites for hydroxylation is 1. The summed E-state index contributed by atoms with van der Waals surface area (Å²) >= 11 is 0. The SMILES string of the molecule is COC(=O)C(CC(C)C)NP(=O)(NC(CC(C)C)C(=O)OC)OC[C@H]1O[C@@H](n2cnc3c(OC)nc(C)nc32)[C@@]2(C)OC(=O)OC12. The second-order valence-corrected chi connectivity index (χ2v) is 14.1. The minimum Gasteiger partial charge on any atom is -0.479 e. The molecule has 2 aromatic rings. The number of fused-ring (bicyclic) bond motifs is 2. The Hall–Kier alpha value is -3.37. The third-order valence-electron chi connectivity index (χ3n) is 7.63. The van der Waals surface area contributed by atoms with Gasteiger partial charge >= 0.3 is 25.8 Å². The predicted octanol–water partition coefficient (Wildman–Crippen LogP) is 2.81. The normalized spacial score (nSPS) is 25.1. The lowest BCUT2D eigenvalue weighted by Gasteiger charge is -2.30. The Bertz CT molecular complexity index is 1450. The zero-order valence-electron chi connectivity index (χ0n) is 27.5. The van der Waals surface area contributed by atoms with E-state index in [2.05, 4.69) is 25.1 Å². The van der Waals surface area contributed by atoms with Gasteiger partial charge in [0, 0.05) is 0 Å². The number of nitrogens with one attached hydrogen (secondary N) is 2. The van der Waals surface area contributed by atoms with Crippen LogP contribution in [-0.4, -0.2) is 95.4 Å². The van der Waals surface area contributed by atoms with Crippen LogP contribution in [0.2, 0.25) is 0 Å². The van der Waals surface area contributed by atoms with Crippen molar-refractivity contribution in [3.8, 4) is 5.88 Å². The number of esters is 2. The number of hydrogen-bond donors (Lipinski definition) is 2. The van der Waals surface area contributed by atoms with Crippen LogP contribution in [0.5, 0.6) is 5.88 Å². The summed E-state index contributed by atoms with van der Waals surface area (Å²) < 4.78 is 54.9. The number of hydrogen-bond acceptors (Lipinski definition) is 14. The lowest BCUT2D eigenvalue weighted by molar-refractivity contribution is -0.143. The van der Waals surface area contributed by atoms with E-state index in [1.54, 1.807) is 18.4 Å². The second kappa shape index (κ2) is 14.2. The van der Waals surface area contributed by atoms with Crippen LogP contribution < -0.4 is 14.9 Å². The van der Waals surface area contributed by atoms with Crippen molar-refractivity contribution in [3.63, 3.8) is 0 Å². The first kappa shape index (κ1) is 35.5. The zero-order chi connectivity index (χ0) is 34.0. The molecule has 2 aliphatic heterocycles. The average Bonchev–Trinajstić information content (AvgIpc) is 3.62. The van der Waals surface area contributed by atoms with Crippen molar-refractivity contribution in [1.82, 2.24) is 29.7 Å². The monoisotopic (exact) mass is 670 g/mol. The van der Waals surface area contributed by atoms with Gasteiger partial charge in [0.1, 0.15) is 24.0 Å². The van der Waals surface area contributed by atoms with E-state index in [1.807, 2.05) is 27.7 Å². The molecule has 18 heteroatoms. The van der Waals surface area contributed by atoms with E-state index in [1.165, 1.54) is 27.7 Å². The van der Waals surface area contributed by atoms with Gasteiger partial charge in [-0.25, -0.2) is 24.9 Å². The molecule has 46 heavy (non-hydrogen) atoms. The summed E-state index contributed by atoms with van der Waals surface area (Å²) in [5.41, 5.74) is -0.664. The molecule has 0 spiro atoms. The van der Waals surface area contributed by atoms with Gasteiger partial charge in [0.05, 0.1) is 34.3 Å². The molecule has 0 radical (unpaired) electrons. The quantitative estimate of drug-likeness (QED) is 0.159. The summed E-state index contributed by atoms with van der Waals surface area (Å²) in [5.74, 6) is -0.667. The van der Waals surface area contributed by atoms with Crippen LogP contribution in [0.4, 0.5) is 4.79 Å². The second-order valence-electron chi connectivity index (χ2n) is 12.2. The molecule has 2 fully saturated rings. The Morgan fingerprint density at radius 3 is 2.15 bits per heavy atom. The first-order valence-electron chi connectivity index (χ1n) is 14.9. The molecule has 2 saturated heterocycles. The number of imidazole rings is 1. The van der Waals surface area contributed by atoms with Crippen molar-refractivity contribution in [3.05, 3.63) is 12.2 Å². The highest BCUT2D eigenvalue weighted by Gasteiger charge is 2.64. The minimum atomic E-state index is -4.26. The van der Waals surface area contributed by atoms with E-state index in [-0.39, 0.29) is 30.6 Å². The van der Waals surface area contributed by atoms with Gasteiger partial charge in [0.25, 0.3) is 0 Å². The van der Waals surface area contributed by atoms with Gasteiger partial charge in [-0.2, -0.15) is 4.98 Å². The van der Waals surface area contributed by atoms with E-state index < -0.39 is 68.5 Å². The van der Waals surface area contributed by atoms with Crippen LogP contribution in [0.15, 0.2) is 6.33 Å². The third kappa shape index (κ3) is 7.44. The fraction of sp³-hybridized carbons (Fsp3) is 0.714. The number of carbonyl (C=O) groups excluding carboxylic acids is 3. The third-order valence-corrected chi connectivity index (χ3v) is 9.44. The molecule has 0 aliphatic carbocycles. The maximum atomic E-state index is 14.5. The molecule has 2 aliphatic rings. The fourth-order valence-corrected chi connectivity index (χ4v) is 7.42. The van der Waals surface area contributed by atoms with Gasteiger partial charge < -0.3 is 32.9 Å². The molecule has 256 valence electrons. The maximum Gasteiger partial charge on any atom is 0.509 e. The van der Waals surface area contributed by atoms with Crippen LogP contribution in [0.3, 0.4) is 0 Å². The van der Waals surface area contributed by atoms with Crippen molar-refractivity contribution in [2.75, 3.05) is 27.9 Å². The molecule has 0 amide bonds. The molecule has 2 N–H and O–H groups in total. The van der Waals surface area contributed by atoms with Gasteiger partial charge in [0.2, 0.25) is 5.88 Å². The Balaban J connectivity index is 1.67. The highest BCUT2D eigenvalue weighted by atomic mass is 31.2. The Labute approximate surface area is 266 Å². The molecule has 4 rings (SSSR count). The molecule has 4 heterocycles. The molecule has 0 bridgehead atoms. The molecule has 2 aromatic heterocycles. The van der Waals surface area contributed by atoms with E-state index in [9.17, 15) is 18.9 Å². The lowest BCUT2D eigenvalue weighted by atomic mass is 9.96. The number of methoxy groups -OCH3 is 3. The lowest BCUT2D eigenvalue weighted by Crippen LogP contribution is -2.46. The molecular formula is C28H43N6O11P. The summed E-state index contributed by atoms with van der Waals surface area (Å²) in [6.07, 6.45) is -2.01. The van der Waals surface area contributed by atoms with E-state index in [0.717, 1.165) is 0 Å². The summed E-state index contributed by atoms with van der Waals surface area (Å²) in [6, 6.07) is -2.10. The van der Waals surface area contributed by atoms with Crippen molar-refractivity contribution in [2.45, 2.75) is 90.5 Å². The van der Waals surface area contributed by atoms with Crippen LogP contribution >= 0.6 is 7.67 Å². The van der Waals surface area contributed by atoms with Crippen LogP contribution in [-0.2, 0) is 42.4 Å². The van der Waals surface area contributed by atoms with Crippen LogP contribution in [0.25, 0.3) is 11.2 Å². The average molecular weight is 671 g/mol. The van der Waals surface area contributed by atoms with Gasteiger partial charge in [-0.15, -0.1) is 0 Å². The fourth-order valence-electron chi connectivity index (χ4n) is 5.60. The van der Waals surface area contributed by atoms with Gasteiger partial charge in [-0.3, -0.25) is 18.7 Å². The summed E-state index contributed by atoms with van der Waals surface area (Å²) in [5, 5.41) is 5.56. The summed E-state index contributed by atoms with van der Waals surface area (Å²) in [4.78, 5) is 51.0. The summed E-state index contributed by atoms with van der Waals surface area (Å²) in [6.45, 7) is 10.4. The number of nitrogens with zero attached hydrogens (tertiary/aromatic N) is 4. The van der Waals surface area contributed by atoms with Crippen LogP contribution in [0, 0.1) is 18.8 Å². The topological polar surface area (TPSA) is 201 Å². The minimum absolute atomic E-state index is 0.00266. The number of aromatic nitrogens is 4. The Morgan fingerprint density at radius 1 is 1.04 bits per heavy atom. The standard InChI is InChI=1S/C28H43N6O11P/c1-14(2)10-17(24(35)40-8)32-46(38,33-18(11-15(3)4)25(36)41-9)42-12-19-21-28(6,45-27(37)44-21)26(43-19)34-13-29-20-22(34)30-16(5)31-23(20)39-7/h13-15,17-19,21,26H,10-12H2,1-9H3,(H2,32,33,38)/t17?,18?,19-,21?,26-,28+,46?/m1/s1. The molecule has 3 unspecified atom stereocenters. The van der Waals surface area contributed by atoms with Gasteiger partial charge in [-0.05, 0) is 38.5 Å². The van der Waals surface area contributed by atoms with Crippen LogP contribution in [0.1, 0.15) is 59.5 Å². The molecule has 6 atom stereocenters. The van der Waals surface area contributed by atoms with E-state index in [0.29, 0.717) is 17.0 Å². The first-order chi connectivity index (χ1) is 21.6. The van der Waals surface area contributed by atoms with Crippen molar-refractivity contribution >= 4 is 36.9 Å². The predicted molar refractivity (Wildman–Crippen MR) is 161 cm³/mol. The molecule has 17 nitrogen and oxygen atoms in total.